The van der Waals surface area contributed by atoms with Crippen molar-refractivity contribution in [2.45, 2.75) is 20.4 Å². The molecule has 0 saturated carbocycles. The van der Waals surface area contributed by atoms with Crippen LogP contribution < -0.4 is 0 Å². The molecule has 2 aliphatic rings. The van der Waals surface area contributed by atoms with Crippen molar-refractivity contribution in [2.75, 3.05) is 14.1 Å². The number of rotatable bonds is 0. The monoisotopic (exact) mass is 268 g/mol. The molecule has 0 bridgehead atoms. The third kappa shape index (κ3) is 1.77. The smallest absolute Gasteiger partial charge is 0.252 e. The van der Waals surface area contributed by atoms with E-state index in [4.69, 9.17) is 0 Å². The first kappa shape index (κ1) is 13.0. The first-order chi connectivity index (χ1) is 9.50. The number of likely N-dealkylation sites (N-methyl/N-ethyl adjacent to an activating group) is 1. The summed E-state index contributed by atoms with van der Waals surface area (Å²) in [5.41, 5.74) is 5.65. The van der Waals surface area contributed by atoms with Gasteiger partial charge in [0.2, 0.25) is 0 Å². The fourth-order valence-corrected chi connectivity index (χ4v) is 3.17. The van der Waals surface area contributed by atoms with E-state index in [1.165, 1.54) is 16.7 Å². The molecule has 1 aromatic rings. The highest BCUT2D eigenvalue weighted by atomic mass is 16.2. The minimum Gasteiger partial charge on any atom is -0.350 e. The highest BCUT2D eigenvalue weighted by Crippen LogP contribution is 2.38. The predicted octanol–water partition coefficient (Wildman–Crippen LogP) is 2.77. The molecule has 3 heteroatoms. The van der Waals surface area contributed by atoms with Crippen molar-refractivity contribution >= 4 is 11.6 Å². The number of carbonyl (C=O) groups is 1. The Labute approximate surface area is 120 Å². The van der Waals surface area contributed by atoms with Crippen LogP contribution in [0.15, 0.2) is 36.0 Å². The van der Waals surface area contributed by atoms with Crippen LogP contribution in [0, 0.1) is 12.8 Å². The van der Waals surface area contributed by atoms with E-state index in [1.54, 1.807) is 0 Å². The number of benzene rings is 1. The van der Waals surface area contributed by atoms with E-state index >= 15 is 0 Å². The van der Waals surface area contributed by atoms with Crippen LogP contribution in [-0.2, 0) is 11.3 Å². The zero-order valence-electron chi connectivity index (χ0n) is 12.5. The maximum absolute atomic E-state index is 12.7. The Balaban J connectivity index is 2.34. The van der Waals surface area contributed by atoms with Crippen LogP contribution in [0.5, 0.6) is 0 Å². The predicted molar refractivity (Wildman–Crippen MR) is 80.6 cm³/mol. The SMILES string of the molecule is Cc1cccc2c1C1=C(C(=O)N(C)C2)[C@H](C)C=CN1C. The summed E-state index contributed by atoms with van der Waals surface area (Å²) in [6.07, 6.45) is 4.16. The Hall–Kier alpha value is -2.03. The van der Waals surface area contributed by atoms with Gasteiger partial charge in [-0.2, -0.15) is 0 Å². The maximum atomic E-state index is 12.7. The molecule has 0 N–H and O–H groups in total. The third-order valence-electron chi connectivity index (χ3n) is 4.24. The molecule has 2 heterocycles. The first-order valence-electron chi connectivity index (χ1n) is 7.00. The Morgan fingerprint density at radius 1 is 1.25 bits per heavy atom. The molecule has 0 fully saturated rings. The molecular weight excluding hydrogens is 248 g/mol. The Kier molecular flexibility index (Phi) is 2.93. The molecular formula is C17H20N2O. The number of carbonyl (C=O) groups excluding carboxylic acids is 1. The normalized spacial score (nSPS) is 21.8. The topological polar surface area (TPSA) is 23.6 Å². The minimum atomic E-state index is 0.138. The van der Waals surface area contributed by atoms with E-state index in [-0.39, 0.29) is 11.8 Å². The summed E-state index contributed by atoms with van der Waals surface area (Å²) < 4.78 is 0. The molecule has 0 saturated heterocycles. The molecule has 3 nitrogen and oxygen atoms in total. The summed E-state index contributed by atoms with van der Waals surface area (Å²) >= 11 is 0. The van der Waals surface area contributed by atoms with Gasteiger partial charge in [-0.15, -0.1) is 0 Å². The zero-order chi connectivity index (χ0) is 14.4. The van der Waals surface area contributed by atoms with Crippen LogP contribution in [0.4, 0.5) is 0 Å². The van der Waals surface area contributed by atoms with E-state index < -0.39 is 0 Å². The van der Waals surface area contributed by atoms with Crippen molar-refractivity contribution < 1.29 is 4.79 Å². The number of fused-ring (bicyclic) bond motifs is 2. The number of nitrogens with zero attached hydrogens (tertiary/aromatic N) is 2. The Morgan fingerprint density at radius 2 is 2.00 bits per heavy atom. The maximum Gasteiger partial charge on any atom is 0.252 e. The van der Waals surface area contributed by atoms with Gasteiger partial charge in [-0.3, -0.25) is 4.79 Å². The largest absolute Gasteiger partial charge is 0.350 e. The molecule has 104 valence electrons. The van der Waals surface area contributed by atoms with E-state index in [1.807, 2.05) is 19.0 Å². The fraction of sp³-hybridized carbons (Fsp3) is 0.353. The number of aryl methyl sites for hydroxylation is 1. The summed E-state index contributed by atoms with van der Waals surface area (Å²) in [6, 6.07) is 6.31. The molecule has 0 unspecified atom stereocenters. The zero-order valence-corrected chi connectivity index (χ0v) is 12.5. The van der Waals surface area contributed by atoms with Gasteiger partial charge in [-0.25, -0.2) is 0 Å². The molecule has 3 rings (SSSR count). The fourth-order valence-electron chi connectivity index (χ4n) is 3.17. The highest BCUT2D eigenvalue weighted by Gasteiger charge is 2.32. The van der Waals surface area contributed by atoms with Crippen LogP contribution in [0.25, 0.3) is 5.70 Å². The van der Waals surface area contributed by atoms with E-state index in [2.05, 4.69) is 49.2 Å². The lowest BCUT2D eigenvalue weighted by molar-refractivity contribution is -0.126. The van der Waals surface area contributed by atoms with Gasteiger partial charge in [-0.1, -0.05) is 31.2 Å². The van der Waals surface area contributed by atoms with Crippen molar-refractivity contribution in [2.24, 2.45) is 5.92 Å². The van der Waals surface area contributed by atoms with Gasteiger partial charge in [0.15, 0.2) is 0 Å². The molecule has 0 aromatic heterocycles. The van der Waals surface area contributed by atoms with E-state index in [9.17, 15) is 4.79 Å². The average molecular weight is 268 g/mol. The van der Waals surface area contributed by atoms with Gasteiger partial charge < -0.3 is 9.80 Å². The second-order valence-corrected chi connectivity index (χ2v) is 5.77. The van der Waals surface area contributed by atoms with Crippen molar-refractivity contribution in [1.82, 2.24) is 9.80 Å². The van der Waals surface area contributed by atoms with Crippen LogP contribution in [-0.4, -0.2) is 29.8 Å². The lowest BCUT2D eigenvalue weighted by Crippen LogP contribution is -2.30. The number of hydrogen-bond donors (Lipinski definition) is 0. The van der Waals surface area contributed by atoms with Crippen molar-refractivity contribution in [3.8, 4) is 0 Å². The standard InChI is InChI=1S/C17H20N2O/c1-11-6-5-7-13-10-19(4)17(20)15-12(2)8-9-18(3)16(15)14(11)13/h5-9,12H,10H2,1-4H3/t12-/m1/s1. The number of allylic oxidation sites excluding steroid dienone is 1. The summed E-state index contributed by atoms with van der Waals surface area (Å²) in [7, 11) is 3.90. The first-order valence-corrected chi connectivity index (χ1v) is 7.00. The van der Waals surface area contributed by atoms with E-state index in [0.717, 1.165) is 11.3 Å². The van der Waals surface area contributed by atoms with Crippen molar-refractivity contribution in [3.05, 3.63) is 52.7 Å². The molecule has 0 radical (unpaired) electrons. The highest BCUT2D eigenvalue weighted by molar-refractivity contribution is 6.03. The van der Waals surface area contributed by atoms with Gasteiger partial charge >= 0.3 is 0 Å². The molecule has 0 aliphatic carbocycles. The van der Waals surface area contributed by atoms with Crippen LogP contribution >= 0.6 is 0 Å². The van der Waals surface area contributed by atoms with Gasteiger partial charge in [-0.05, 0) is 18.1 Å². The molecule has 20 heavy (non-hydrogen) atoms. The molecule has 1 aromatic carbocycles. The van der Waals surface area contributed by atoms with Gasteiger partial charge in [0, 0.05) is 43.9 Å². The summed E-state index contributed by atoms with van der Waals surface area (Å²) in [5, 5.41) is 0. The van der Waals surface area contributed by atoms with Gasteiger partial charge in [0.05, 0.1) is 5.70 Å². The van der Waals surface area contributed by atoms with Gasteiger partial charge in [0.1, 0.15) is 0 Å². The molecule has 2 aliphatic heterocycles. The van der Waals surface area contributed by atoms with Gasteiger partial charge in [0.25, 0.3) is 5.91 Å². The van der Waals surface area contributed by atoms with Crippen LogP contribution in [0.1, 0.15) is 23.6 Å². The van der Waals surface area contributed by atoms with Crippen LogP contribution in [0.3, 0.4) is 0 Å². The minimum absolute atomic E-state index is 0.138. The average Bonchev–Trinajstić information content (AvgIpc) is 2.52. The summed E-state index contributed by atoms with van der Waals surface area (Å²) in [5.74, 6) is 0.293. The lowest BCUT2D eigenvalue weighted by atomic mass is 9.89. The molecule has 0 spiro atoms. The second-order valence-electron chi connectivity index (χ2n) is 5.77. The quantitative estimate of drug-likeness (QED) is 0.722. The number of amides is 1. The van der Waals surface area contributed by atoms with Crippen molar-refractivity contribution in [3.63, 3.8) is 0 Å². The van der Waals surface area contributed by atoms with Crippen molar-refractivity contribution in [1.29, 1.82) is 0 Å². The Morgan fingerprint density at radius 3 is 2.75 bits per heavy atom. The van der Waals surface area contributed by atoms with E-state index in [0.29, 0.717) is 6.54 Å². The summed E-state index contributed by atoms with van der Waals surface area (Å²) in [4.78, 5) is 16.6. The molecule has 1 amide bonds. The Bertz CT molecular complexity index is 642. The molecule has 1 atom stereocenters. The number of hydrogen-bond acceptors (Lipinski definition) is 2. The second kappa shape index (κ2) is 4.51. The van der Waals surface area contributed by atoms with Crippen LogP contribution in [0.2, 0.25) is 0 Å². The summed E-state index contributed by atoms with van der Waals surface area (Å²) in [6.45, 7) is 4.88. The lowest BCUT2D eigenvalue weighted by Gasteiger charge is -2.29. The third-order valence-corrected chi connectivity index (χ3v) is 4.24.